The fraction of sp³-hybridized carbons (Fsp3) is 1.00. The zero-order chi connectivity index (χ0) is 14.7. The Morgan fingerprint density at radius 1 is 0.400 bits per heavy atom. The first-order valence-electron chi connectivity index (χ1n) is 8.74. The Labute approximate surface area is 126 Å². The van der Waals surface area contributed by atoms with E-state index in [1.54, 1.807) is 0 Å². The fourth-order valence-corrected chi connectivity index (χ4v) is 2.03. The van der Waals surface area contributed by atoms with Gasteiger partial charge in [-0.05, 0) is 90.9 Å². The van der Waals surface area contributed by atoms with Crippen molar-refractivity contribution in [3.8, 4) is 0 Å². The van der Waals surface area contributed by atoms with Crippen LogP contribution in [0.25, 0.3) is 0 Å². The Hall–Kier alpha value is -0.160. The molecule has 0 atom stereocenters. The van der Waals surface area contributed by atoms with Gasteiger partial charge in [0.2, 0.25) is 0 Å². The van der Waals surface area contributed by atoms with Crippen molar-refractivity contribution in [1.82, 2.24) is 21.3 Å². The highest BCUT2D eigenvalue weighted by Crippen LogP contribution is 1.86. The molecule has 0 heterocycles. The molecular formula is C16H38N4. The number of rotatable bonds is 17. The van der Waals surface area contributed by atoms with E-state index in [-0.39, 0.29) is 0 Å². The Morgan fingerprint density at radius 2 is 0.700 bits per heavy atom. The van der Waals surface area contributed by atoms with E-state index in [4.69, 9.17) is 0 Å². The third kappa shape index (κ3) is 17.8. The molecule has 4 heteroatoms. The zero-order valence-electron chi connectivity index (χ0n) is 13.9. The molecule has 0 aliphatic carbocycles. The molecule has 0 fully saturated rings. The monoisotopic (exact) mass is 286 g/mol. The van der Waals surface area contributed by atoms with Gasteiger partial charge in [0.25, 0.3) is 0 Å². The molecule has 0 unspecified atom stereocenters. The van der Waals surface area contributed by atoms with Crippen molar-refractivity contribution in [2.45, 2.75) is 52.4 Å². The van der Waals surface area contributed by atoms with Crippen LogP contribution < -0.4 is 21.3 Å². The summed E-state index contributed by atoms with van der Waals surface area (Å²) in [6.07, 6.45) is 7.50. The van der Waals surface area contributed by atoms with Crippen LogP contribution >= 0.6 is 0 Å². The average molecular weight is 287 g/mol. The zero-order valence-corrected chi connectivity index (χ0v) is 13.9. The third-order valence-corrected chi connectivity index (χ3v) is 3.22. The predicted octanol–water partition coefficient (Wildman–Crippen LogP) is 1.73. The van der Waals surface area contributed by atoms with Crippen LogP contribution in [0.1, 0.15) is 52.4 Å². The maximum absolute atomic E-state index is 3.51. The van der Waals surface area contributed by atoms with E-state index in [1.165, 1.54) is 38.5 Å². The highest BCUT2D eigenvalue weighted by molar-refractivity contribution is 4.55. The van der Waals surface area contributed by atoms with E-state index in [1.807, 2.05) is 0 Å². The van der Waals surface area contributed by atoms with Crippen molar-refractivity contribution in [2.24, 2.45) is 0 Å². The second kappa shape index (κ2) is 18.8. The standard InChI is InChI=1S/C16H38N4/c1-3-9-17-13-7-15-19-11-5-6-12-20-16-8-14-18-10-4-2/h17-20H,3-16H2,1-2H3. The van der Waals surface area contributed by atoms with E-state index in [2.05, 4.69) is 35.1 Å². The van der Waals surface area contributed by atoms with E-state index in [9.17, 15) is 0 Å². The summed E-state index contributed by atoms with van der Waals surface area (Å²) < 4.78 is 0. The summed E-state index contributed by atoms with van der Waals surface area (Å²) >= 11 is 0. The van der Waals surface area contributed by atoms with Crippen LogP contribution in [0, 0.1) is 0 Å². The molecule has 4 N–H and O–H groups in total. The molecule has 0 aliphatic rings. The second-order valence-corrected chi connectivity index (χ2v) is 5.41. The summed E-state index contributed by atoms with van der Waals surface area (Å²) in [6.45, 7) is 13.6. The van der Waals surface area contributed by atoms with Crippen molar-refractivity contribution in [3.63, 3.8) is 0 Å². The van der Waals surface area contributed by atoms with E-state index in [0.717, 1.165) is 52.4 Å². The van der Waals surface area contributed by atoms with E-state index in [0.29, 0.717) is 0 Å². The predicted molar refractivity (Wildman–Crippen MR) is 90.5 cm³/mol. The minimum atomic E-state index is 1.15. The molecule has 0 aliphatic heterocycles. The third-order valence-electron chi connectivity index (χ3n) is 3.22. The topological polar surface area (TPSA) is 48.1 Å². The maximum atomic E-state index is 3.51. The SMILES string of the molecule is CCCNCCCNCCCCNCCCNCCC. The van der Waals surface area contributed by atoms with Crippen molar-refractivity contribution >= 4 is 0 Å². The quantitative estimate of drug-likeness (QED) is 0.308. The summed E-state index contributed by atoms with van der Waals surface area (Å²) in [7, 11) is 0. The van der Waals surface area contributed by atoms with Gasteiger partial charge >= 0.3 is 0 Å². The fourth-order valence-electron chi connectivity index (χ4n) is 2.03. The average Bonchev–Trinajstić information content (AvgIpc) is 2.47. The minimum absolute atomic E-state index is 1.15. The van der Waals surface area contributed by atoms with Crippen LogP contribution in [0.15, 0.2) is 0 Å². The lowest BCUT2D eigenvalue weighted by atomic mass is 10.3. The molecule has 0 radical (unpaired) electrons. The molecule has 0 saturated heterocycles. The van der Waals surface area contributed by atoms with Gasteiger partial charge in [0, 0.05) is 0 Å². The molecule has 0 bridgehead atoms. The van der Waals surface area contributed by atoms with E-state index >= 15 is 0 Å². The molecule has 0 aromatic heterocycles. The Bertz CT molecular complexity index is 147. The van der Waals surface area contributed by atoms with Gasteiger partial charge in [-0.15, -0.1) is 0 Å². The molecule has 0 aromatic rings. The van der Waals surface area contributed by atoms with Gasteiger partial charge in [-0.25, -0.2) is 0 Å². The van der Waals surface area contributed by atoms with Crippen molar-refractivity contribution in [3.05, 3.63) is 0 Å². The Balaban J connectivity index is 2.89. The van der Waals surface area contributed by atoms with Gasteiger partial charge in [-0.1, -0.05) is 13.8 Å². The number of nitrogens with one attached hydrogen (secondary N) is 4. The summed E-state index contributed by atoms with van der Waals surface area (Å²) in [6, 6.07) is 0. The molecule has 122 valence electrons. The smallest absolute Gasteiger partial charge is 0.00368 e. The van der Waals surface area contributed by atoms with Crippen molar-refractivity contribution < 1.29 is 0 Å². The summed E-state index contributed by atoms with van der Waals surface area (Å²) in [4.78, 5) is 0. The summed E-state index contributed by atoms with van der Waals surface area (Å²) in [5.74, 6) is 0. The highest BCUT2D eigenvalue weighted by Gasteiger charge is 1.91. The van der Waals surface area contributed by atoms with Crippen molar-refractivity contribution in [1.29, 1.82) is 0 Å². The van der Waals surface area contributed by atoms with Crippen LogP contribution in [0.4, 0.5) is 0 Å². The number of hydrogen-bond acceptors (Lipinski definition) is 4. The first-order chi connectivity index (χ1) is 9.91. The molecule has 4 nitrogen and oxygen atoms in total. The summed E-state index contributed by atoms with van der Waals surface area (Å²) in [5, 5.41) is 13.9. The number of hydrogen-bond donors (Lipinski definition) is 4. The molecule has 0 saturated carbocycles. The van der Waals surface area contributed by atoms with Gasteiger partial charge in [0.1, 0.15) is 0 Å². The maximum Gasteiger partial charge on any atom is -0.00368 e. The lowest BCUT2D eigenvalue weighted by Gasteiger charge is -2.07. The van der Waals surface area contributed by atoms with Crippen LogP contribution in [0.5, 0.6) is 0 Å². The molecule has 0 aromatic carbocycles. The van der Waals surface area contributed by atoms with Crippen LogP contribution in [0.3, 0.4) is 0 Å². The van der Waals surface area contributed by atoms with Crippen LogP contribution in [-0.4, -0.2) is 52.4 Å². The Morgan fingerprint density at radius 3 is 1.05 bits per heavy atom. The highest BCUT2D eigenvalue weighted by atomic mass is 14.9. The molecule has 0 spiro atoms. The van der Waals surface area contributed by atoms with Crippen LogP contribution in [0.2, 0.25) is 0 Å². The van der Waals surface area contributed by atoms with Gasteiger partial charge in [-0.2, -0.15) is 0 Å². The first-order valence-corrected chi connectivity index (χ1v) is 8.74. The van der Waals surface area contributed by atoms with Gasteiger partial charge in [0.05, 0.1) is 0 Å². The molecule has 20 heavy (non-hydrogen) atoms. The van der Waals surface area contributed by atoms with Gasteiger partial charge in [0.15, 0.2) is 0 Å². The van der Waals surface area contributed by atoms with Gasteiger partial charge in [-0.3, -0.25) is 0 Å². The Kier molecular flexibility index (Phi) is 18.7. The van der Waals surface area contributed by atoms with Gasteiger partial charge < -0.3 is 21.3 Å². The summed E-state index contributed by atoms with van der Waals surface area (Å²) in [5.41, 5.74) is 0. The lowest BCUT2D eigenvalue weighted by Crippen LogP contribution is -2.25. The minimum Gasteiger partial charge on any atom is -0.317 e. The molecule has 0 rings (SSSR count). The number of unbranched alkanes of at least 4 members (excludes halogenated alkanes) is 1. The van der Waals surface area contributed by atoms with Crippen molar-refractivity contribution in [2.75, 3.05) is 52.4 Å². The van der Waals surface area contributed by atoms with Crippen LogP contribution in [-0.2, 0) is 0 Å². The second-order valence-electron chi connectivity index (χ2n) is 5.41. The van der Waals surface area contributed by atoms with E-state index < -0.39 is 0 Å². The lowest BCUT2D eigenvalue weighted by molar-refractivity contribution is 0.547. The normalized spacial score (nSPS) is 11.1. The molecular weight excluding hydrogens is 248 g/mol. The molecule has 0 amide bonds. The largest absolute Gasteiger partial charge is 0.317 e. The first kappa shape index (κ1) is 19.8.